The van der Waals surface area contributed by atoms with Crippen LogP contribution in [0.25, 0.3) is 0 Å². The highest BCUT2D eigenvalue weighted by Crippen LogP contribution is 2.33. The van der Waals surface area contributed by atoms with Crippen LogP contribution in [0.5, 0.6) is 5.75 Å². The highest BCUT2D eigenvalue weighted by atomic mass is 127. The third kappa shape index (κ3) is 5.83. The van der Waals surface area contributed by atoms with Crippen molar-refractivity contribution in [3.8, 4) is 5.75 Å². The zero-order chi connectivity index (χ0) is 19.4. The molecule has 3 rings (SSSR count). The Hall–Kier alpha value is -0.330. The average molecular weight is 713 g/mol. The van der Waals surface area contributed by atoms with Crippen molar-refractivity contribution in [2.75, 3.05) is 0 Å². The van der Waals surface area contributed by atoms with E-state index in [0.29, 0.717) is 5.75 Å². The van der Waals surface area contributed by atoms with Gasteiger partial charge in [0.15, 0.2) is 14.7 Å². The molecule has 2 nitrogen and oxygen atoms in total. The molecule has 0 saturated heterocycles. The summed E-state index contributed by atoms with van der Waals surface area (Å²) in [5.74, 6) is 0.360. The van der Waals surface area contributed by atoms with E-state index in [-0.39, 0.29) is 20.8 Å². The van der Waals surface area contributed by atoms with E-state index in [1.165, 1.54) is 21.8 Å². The number of carbonyl (C=O) groups excluding carboxylic acids is 1. The lowest BCUT2D eigenvalue weighted by atomic mass is 10.3. The lowest BCUT2D eigenvalue weighted by Crippen LogP contribution is -2.16. The van der Waals surface area contributed by atoms with E-state index < -0.39 is 0 Å². The third-order valence-corrected chi connectivity index (χ3v) is 7.88. The van der Waals surface area contributed by atoms with Crippen LogP contribution in [-0.2, 0) is 15.7 Å². The van der Waals surface area contributed by atoms with E-state index in [0.717, 1.165) is 0 Å². The second kappa shape index (κ2) is 9.93. The molecular formula is C21H16I3O2S+. The Labute approximate surface area is 203 Å². The average Bonchev–Trinajstić information content (AvgIpc) is 2.66. The fourth-order valence-corrected chi connectivity index (χ4v) is 5.28. The fraction of sp³-hybridized carbons (Fsp3) is 0.0952. The van der Waals surface area contributed by atoms with Gasteiger partial charge in [0.05, 0.1) is 10.9 Å². The number of hydrogen-bond donors (Lipinski definition) is 0. The molecule has 0 heterocycles. The van der Waals surface area contributed by atoms with Gasteiger partial charge in [-0.3, -0.25) is 4.79 Å². The molecule has 27 heavy (non-hydrogen) atoms. The molecule has 3 aromatic carbocycles. The van der Waals surface area contributed by atoms with Crippen LogP contribution < -0.4 is 4.74 Å². The van der Waals surface area contributed by atoms with Crippen molar-refractivity contribution in [3.05, 3.63) is 79.9 Å². The van der Waals surface area contributed by atoms with Gasteiger partial charge in [-0.2, -0.15) is 0 Å². The van der Waals surface area contributed by atoms with Gasteiger partial charge in [0.1, 0.15) is 9.67 Å². The monoisotopic (exact) mass is 713 g/mol. The summed E-state index contributed by atoms with van der Waals surface area (Å²) in [7, 11) is -0.210. The Morgan fingerprint density at radius 3 is 1.52 bits per heavy atom. The maximum absolute atomic E-state index is 11.8. The van der Waals surface area contributed by atoms with Gasteiger partial charge in [-0.1, -0.05) is 22.6 Å². The van der Waals surface area contributed by atoms with E-state index in [2.05, 4.69) is 128 Å². The second-order valence-electron chi connectivity index (χ2n) is 5.72. The number of carbonyl (C=O) groups is 1. The predicted octanol–water partition coefficient (Wildman–Crippen LogP) is 6.72. The van der Waals surface area contributed by atoms with Crippen LogP contribution in [0.4, 0.5) is 0 Å². The predicted molar refractivity (Wildman–Crippen MR) is 136 cm³/mol. The molecule has 3 aromatic rings. The van der Waals surface area contributed by atoms with E-state index >= 15 is 0 Å². The van der Waals surface area contributed by atoms with Gasteiger partial charge in [-0.05, 0) is 125 Å². The van der Waals surface area contributed by atoms with Crippen molar-refractivity contribution in [2.45, 2.75) is 25.5 Å². The smallest absolute Gasteiger partial charge is 0.323 e. The maximum atomic E-state index is 11.8. The van der Waals surface area contributed by atoms with Gasteiger partial charge in [0.25, 0.3) is 0 Å². The number of hydrogen-bond acceptors (Lipinski definition) is 2. The molecule has 0 bridgehead atoms. The molecule has 0 spiro atoms. The number of esters is 1. The van der Waals surface area contributed by atoms with Crippen LogP contribution in [0.1, 0.15) is 6.92 Å². The molecule has 0 amide bonds. The first-order valence-corrected chi connectivity index (χ1v) is 12.8. The number of alkyl halides is 1. The normalized spacial score (nSPS) is 12.0. The molecule has 0 saturated carbocycles. The van der Waals surface area contributed by atoms with Crippen molar-refractivity contribution in [1.29, 1.82) is 0 Å². The topological polar surface area (TPSA) is 26.3 Å². The van der Waals surface area contributed by atoms with Gasteiger partial charge in [-0.15, -0.1) is 0 Å². The number of halogens is 3. The summed E-state index contributed by atoms with van der Waals surface area (Å²) in [6.45, 7) is 1.82. The van der Waals surface area contributed by atoms with Crippen LogP contribution in [0.15, 0.2) is 87.5 Å². The van der Waals surface area contributed by atoms with Gasteiger partial charge in [0, 0.05) is 7.14 Å². The quantitative estimate of drug-likeness (QED) is 0.0966. The molecule has 0 aliphatic rings. The summed E-state index contributed by atoms with van der Waals surface area (Å²) < 4.78 is 7.68. The molecule has 0 N–H and O–H groups in total. The van der Waals surface area contributed by atoms with Crippen LogP contribution in [0, 0.1) is 7.14 Å². The number of benzene rings is 3. The van der Waals surface area contributed by atoms with E-state index in [9.17, 15) is 4.79 Å². The minimum atomic E-state index is -0.224. The second-order valence-corrected chi connectivity index (χ2v) is 12.1. The molecule has 0 radical (unpaired) electrons. The Bertz CT molecular complexity index is 862. The molecule has 0 aliphatic heterocycles. The summed E-state index contributed by atoms with van der Waals surface area (Å²) in [6.07, 6.45) is 0. The Kier molecular flexibility index (Phi) is 7.86. The van der Waals surface area contributed by atoms with E-state index in [4.69, 9.17) is 4.74 Å². The Morgan fingerprint density at radius 2 is 1.15 bits per heavy atom. The molecule has 1 unspecified atom stereocenters. The van der Waals surface area contributed by atoms with Crippen LogP contribution in [-0.4, -0.2) is 9.89 Å². The summed E-state index contributed by atoms with van der Waals surface area (Å²) in [5, 5.41) is 0. The molecule has 0 aliphatic carbocycles. The minimum absolute atomic E-state index is 0.171. The van der Waals surface area contributed by atoms with Crippen LogP contribution in [0.2, 0.25) is 0 Å². The zero-order valence-corrected chi connectivity index (χ0v) is 21.7. The summed E-state index contributed by atoms with van der Waals surface area (Å²) in [6, 6.07) is 25.2. The first kappa shape index (κ1) is 21.4. The molecule has 6 heteroatoms. The van der Waals surface area contributed by atoms with Crippen LogP contribution >= 0.6 is 67.8 Å². The van der Waals surface area contributed by atoms with Crippen molar-refractivity contribution < 1.29 is 9.53 Å². The summed E-state index contributed by atoms with van der Waals surface area (Å²) in [4.78, 5) is 15.5. The summed E-state index contributed by atoms with van der Waals surface area (Å²) >= 11 is 6.71. The highest BCUT2D eigenvalue weighted by Gasteiger charge is 2.28. The Morgan fingerprint density at radius 1 is 0.778 bits per heavy atom. The lowest BCUT2D eigenvalue weighted by molar-refractivity contribution is -0.133. The van der Waals surface area contributed by atoms with Gasteiger partial charge in [-0.25, -0.2) is 0 Å². The van der Waals surface area contributed by atoms with E-state index in [1.54, 1.807) is 0 Å². The number of rotatable bonds is 5. The first-order valence-electron chi connectivity index (χ1n) is 8.15. The van der Waals surface area contributed by atoms with Crippen molar-refractivity contribution >= 4 is 84.6 Å². The fourth-order valence-electron chi connectivity index (χ4n) is 2.39. The molecular weight excluding hydrogens is 697 g/mol. The minimum Gasteiger partial charge on any atom is -0.426 e. The van der Waals surface area contributed by atoms with Gasteiger partial charge in [0.2, 0.25) is 0 Å². The largest absolute Gasteiger partial charge is 0.426 e. The lowest BCUT2D eigenvalue weighted by Gasteiger charge is -2.10. The van der Waals surface area contributed by atoms with Crippen molar-refractivity contribution in [1.82, 2.24) is 0 Å². The van der Waals surface area contributed by atoms with Crippen molar-refractivity contribution in [3.63, 3.8) is 0 Å². The van der Waals surface area contributed by atoms with Gasteiger partial charge < -0.3 is 4.74 Å². The van der Waals surface area contributed by atoms with Gasteiger partial charge >= 0.3 is 5.97 Å². The maximum Gasteiger partial charge on any atom is 0.323 e. The zero-order valence-electron chi connectivity index (χ0n) is 14.4. The highest BCUT2D eigenvalue weighted by molar-refractivity contribution is 14.1. The van der Waals surface area contributed by atoms with E-state index in [1.807, 2.05) is 19.1 Å². The molecule has 0 fully saturated rings. The van der Waals surface area contributed by atoms with Crippen LogP contribution in [0.3, 0.4) is 0 Å². The Balaban J connectivity index is 1.96. The standard InChI is InChI=1S/C21H16I3O2S/c1-14(22)21(25)26-17-6-12-20(13-7-17)27(18-8-2-15(23)3-9-18)19-10-4-16(24)5-11-19/h2-14H,1H3/q+1. The third-order valence-electron chi connectivity index (χ3n) is 3.70. The number of ether oxygens (including phenoxy) is 1. The first-order chi connectivity index (χ1) is 12.9. The summed E-state index contributed by atoms with van der Waals surface area (Å²) in [5.41, 5.74) is 0. The molecule has 138 valence electrons. The SMILES string of the molecule is CC(I)C(=O)Oc1ccc([S+](c2ccc(I)cc2)c2ccc(I)cc2)cc1. The molecule has 0 aromatic heterocycles. The molecule has 1 atom stereocenters. The van der Waals surface area contributed by atoms with Crippen molar-refractivity contribution in [2.24, 2.45) is 0 Å².